The largest absolute Gasteiger partial charge is 0.357 e. The van der Waals surface area contributed by atoms with E-state index in [1.54, 1.807) is 0 Å². The second kappa shape index (κ2) is 8.19. The van der Waals surface area contributed by atoms with Crippen LogP contribution in [0.4, 0.5) is 5.82 Å². The van der Waals surface area contributed by atoms with E-state index in [0.29, 0.717) is 11.7 Å². The Labute approximate surface area is 170 Å². The van der Waals surface area contributed by atoms with E-state index in [0.717, 1.165) is 48.1 Å². The molecule has 1 aliphatic heterocycles. The topological polar surface area (TPSA) is 45.2 Å². The lowest BCUT2D eigenvalue weighted by Gasteiger charge is -2.32. The van der Waals surface area contributed by atoms with Gasteiger partial charge < -0.3 is 10.2 Å². The van der Waals surface area contributed by atoms with Crippen LogP contribution in [0.2, 0.25) is 5.15 Å². The highest BCUT2D eigenvalue weighted by atomic mass is 35.5. The van der Waals surface area contributed by atoms with Crippen molar-refractivity contribution >= 4 is 34.1 Å². The van der Waals surface area contributed by atoms with E-state index in [4.69, 9.17) is 11.6 Å². The number of halogens is 1. The van der Waals surface area contributed by atoms with Crippen molar-refractivity contribution in [2.75, 3.05) is 18.0 Å². The molecular weight excluding hydrogens is 370 g/mol. The molecule has 1 aromatic heterocycles. The normalized spacial score (nSPS) is 15.0. The zero-order valence-corrected chi connectivity index (χ0v) is 16.7. The number of pyridine rings is 1. The van der Waals surface area contributed by atoms with E-state index in [2.05, 4.69) is 58.5 Å². The number of carbonyl (C=O) groups is 1. The van der Waals surface area contributed by atoms with E-state index in [1.807, 2.05) is 18.2 Å². The number of rotatable bonds is 4. The van der Waals surface area contributed by atoms with Gasteiger partial charge in [0.05, 0.1) is 0 Å². The summed E-state index contributed by atoms with van der Waals surface area (Å²) in [7, 11) is 0. The average Bonchev–Trinajstić information content (AvgIpc) is 2.73. The summed E-state index contributed by atoms with van der Waals surface area (Å²) in [6.45, 7) is 4.27. The first kappa shape index (κ1) is 18.8. The minimum absolute atomic E-state index is 0.0534. The molecule has 0 spiro atoms. The Bertz CT molecular complexity index is 979. The van der Waals surface area contributed by atoms with Crippen molar-refractivity contribution in [1.29, 1.82) is 0 Å². The van der Waals surface area contributed by atoms with Gasteiger partial charge in [0.2, 0.25) is 5.91 Å². The first-order valence-electron chi connectivity index (χ1n) is 9.73. The van der Waals surface area contributed by atoms with Crippen LogP contribution in [0.15, 0.2) is 54.6 Å². The van der Waals surface area contributed by atoms with E-state index in [1.165, 1.54) is 5.56 Å². The Balaban J connectivity index is 1.35. The number of nitrogens with one attached hydrogen (secondary N) is 1. The maximum atomic E-state index is 12.5. The van der Waals surface area contributed by atoms with E-state index < -0.39 is 0 Å². The van der Waals surface area contributed by atoms with Gasteiger partial charge in [-0.2, -0.15) is 0 Å². The Kier molecular flexibility index (Phi) is 5.49. The van der Waals surface area contributed by atoms with Crippen LogP contribution in [0, 0.1) is 12.8 Å². The number of aromatic nitrogens is 1. The molecular formula is C23H24ClN3O. The maximum absolute atomic E-state index is 12.5. The number of nitrogens with zero attached hydrogens (tertiary/aromatic N) is 2. The maximum Gasteiger partial charge on any atom is 0.223 e. The second-order valence-electron chi connectivity index (χ2n) is 7.46. The van der Waals surface area contributed by atoms with Crippen molar-refractivity contribution in [2.24, 2.45) is 5.92 Å². The molecule has 2 heterocycles. The molecule has 0 atom stereocenters. The fourth-order valence-electron chi connectivity index (χ4n) is 3.72. The zero-order valence-electron chi connectivity index (χ0n) is 16.0. The first-order valence-corrected chi connectivity index (χ1v) is 10.1. The standard InChI is InChI=1S/C23H24ClN3O/c1-16-6-8-17(9-7-16)15-25-23(28)18-10-12-27(13-11-18)21-14-19-4-2-3-5-20(19)22(24)26-21/h2-9,14,18H,10-13,15H2,1H3,(H,25,28). The molecule has 144 valence electrons. The summed E-state index contributed by atoms with van der Waals surface area (Å²) in [5.41, 5.74) is 2.36. The van der Waals surface area contributed by atoms with Gasteiger partial charge in [-0.1, -0.05) is 65.7 Å². The Morgan fingerprint density at radius 1 is 1.14 bits per heavy atom. The molecule has 1 fully saturated rings. The highest BCUT2D eigenvalue weighted by Crippen LogP contribution is 2.29. The molecule has 0 saturated carbocycles. The lowest BCUT2D eigenvalue weighted by molar-refractivity contribution is -0.125. The summed E-state index contributed by atoms with van der Waals surface area (Å²) in [6, 6.07) is 18.4. The van der Waals surface area contributed by atoms with Crippen LogP contribution in [0.5, 0.6) is 0 Å². The summed E-state index contributed by atoms with van der Waals surface area (Å²) in [5, 5.41) is 5.68. The van der Waals surface area contributed by atoms with Gasteiger partial charge in [-0.3, -0.25) is 4.79 Å². The fraction of sp³-hybridized carbons (Fsp3) is 0.304. The summed E-state index contributed by atoms with van der Waals surface area (Å²) in [6.07, 6.45) is 1.65. The summed E-state index contributed by atoms with van der Waals surface area (Å²) < 4.78 is 0. The van der Waals surface area contributed by atoms with E-state index in [9.17, 15) is 4.79 Å². The smallest absolute Gasteiger partial charge is 0.223 e. The van der Waals surface area contributed by atoms with Gasteiger partial charge in [-0.15, -0.1) is 0 Å². The Morgan fingerprint density at radius 3 is 2.61 bits per heavy atom. The van der Waals surface area contributed by atoms with Gasteiger partial charge in [0.1, 0.15) is 11.0 Å². The molecule has 0 aliphatic carbocycles. The van der Waals surface area contributed by atoms with Crippen LogP contribution in [0.25, 0.3) is 10.8 Å². The molecule has 0 radical (unpaired) electrons. The fourth-order valence-corrected chi connectivity index (χ4v) is 3.97. The third kappa shape index (κ3) is 4.12. The second-order valence-corrected chi connectivity index (χ2v) is 7.82. The number of carbonyl (C=O) groups excluding carboxylic acids is 1. The molecule has 28 heavy (non-hydrogen) atoms. The monoisotopic (exact) mass is 393 g/mol. The molecule has 1 N–H and O–H groups in total. The molecule has 4 rings (SSSR count). The molecule has 0 unspecified atom stereocenters. The lowest BCUT2D eigenvalue weighted by atomic mass is 9.95. The van der Waals surface area contributed by atoms with Gasteiger partial charge in [0.15, 0.2) is 0 Å². The number of piperidine rings is 1. The number of amides is 1. The molecule has 1 saturated heterocycles. The summed E-state index contributed by atoms with van der Waals surface area (Å²) in [5.74, 6) is 1.09. The first-order chi connectivity index (χ1) is 13.6. The van der Waals surface area contributed by atoms with Gasteiger partial charge in [-0.05, 0) is 36.8 Å². The Hall–Kier alpha value is -2.59. The average molecular weight is 394 g/mol. The quantitative estimate of drug-likeness (QED) is 0.652. The highest BCUT2D eigenvalue weighted by molar-refractivity contribution is 6.34. The minimum Gasteiger partial charge on any atom is -0.357 e. The van der Waals surface area contributed by atoms with Crippen LogP contribution in [-0.2, 0) is 11.3 Å². The van der Waals surface area contributed by atoms with Crippen LogP contribution in [0.1, 0.15) is 24.0 Å². The summed E-state index contributed by atoms with van der Waals surface area (Å²) >= 11 is 6.37. The molecule has 1 aliphatic rings. The molecule has 2 aromatic carbocycles. The third-order valence-electron chi connectivity index (χ3n) is 5.46. The molecule has 0 bridgehead atoms. The van der Waals surface area contributed by atoms with Gasteiger partial charge >= 0.3 is 0 Å². The number of benzene rings is 2. The van der Waals surface area contributed by atoms with Crippen molar-refractivity contribution in [3.05, 3.63) is 70.9 Å². The van der Waals surface area contributed by atoms with Crippen LogP contribution in [-0.4, -0.2) is 24.0 Å². The van der Waals surface area contributed by atoms with Crippen molar-refractivity contribution in [3.8, 4) is 0 Å². The highest BCUT2D eigenvalue weighted by Gasteiger charge is 2.25. The van der Waals surface area contributed by atoms with Crippen LogP contribution < -0.4 is 10.2 Å². The van der Waals surface area contributed by atoms with Gasteiger partial charge in [-0.25, -0.2) is 4.98 Å². The third-order valence-corrected chi connectivity index (χ3v) is 5.75. The molecule has 4 nitrogen and oxygen atoms in total. The van der Waals surface area contributed by atoms with Crippen LogP contribution in [0.3, 0.4) is 0 Å². The number of aryl methyl sites for hydroxylation is 1. The predicted octanol–water partition coefficient (Wildman–Crippen LogP) is 4.73. The molecule has 1 amide bonds. The number of hydrogen-bond acceptors (Lipinski definition) is 3. The van der Waals surface area contributed by atoms with Crippen molar-refractivity contribution in [3.63, 3.8) is 0 Å². The predicted molar refractivity (Wildman–Crippen MR) is 115 cm³/mol. The lowest BCUT2D eigenvalue weighted by Crippen LogP contribution is -2.40. The Morgan fingerprint density at radius 2 is 1.86 bits per heavy atom. The van der Waals surface area contributed by atoms with Gasteiger partial charge in [0.25, 0.3) is 0 Å². The molecule has 5 heteroatoms. The summed E-state index contributed by atoms with van der Waals surface area (Å²) in [4.78, 5) is 19.3. The number of fused-ring (bicyclic) bond motifs is 1. The number of anilines is 1. The van der Waals surface area contributed by atoms with E-state index in [-0.39, 0.29) is 11.8 Å². The molecule has 3 aromatic rings. The zero-order chi connectivity index (χ0) is 19.5. The van der Waals surface area contributed by atoms with E-state index >= 15 is 0 Å². The van der Waals surface area contributed by atoms with Crippen molar-refractivity contribution in [2.45, 2.75) is 26.3 Å². The van der Waals surface area contributed by atoms with Crippen LogP contribution >= 0.6 is 11.6 Å². The van der Waals surface area contributed by atoms with Gasteiger partial charge in [0, 0.05) is 30.9 Å². The van der Waals surface area contributed by atoms with Crippen molar-refractivity contribution in [1.82, 2.24) is 10.3 Å². The number of hydrogen-bond donors (Lipinski definition) is 1. The minimum atomic E-state index is 0.0534. The van der Waals surface area contributed by atoms with Crippen molar-refractivity contribution < 1.29 is 4.79 Å². The SMILES string of the molecule is Cc1ccc(CNC(=O)C2CCN(c3cc4ccccc4c(Cl)n3)CC2)cc1.